The quantitative estimate of drug-likeness (QED) is 0.494. The van der Waals surface area contributed by atoms with Gasteiger partial charge in [0.05, 0.1) is 19.8 Å². The molecule has 0 aliphatic carbocycles. The van der Waals surface area contributed by atoms with Crippen molar-refractivity contribution >= 4 is 5.96 Å². The molecular weight excluding hydrogens is 344 g/mol. The molecule has 0 aromatic carbocycles. The molecule has 27 heavy (non-hydrogen) atoms. The molecule has 0 bridgehead atoms. The molecule has 0 saturated carbocycles. The van der Waals surface area contributed by atoms with Crippen LogP contribution in [0.3, 0.4) is 0 Å². The van der Waals surface area contributed by atoms with Gasteiger partial charge in [0.2, 0.25) is 0 Å². The molecule has 3 atom stereocenters. The predicted molar refractivity (Wildman–Crippen MR) is 108 cm³/mol. The SMILES string of the molecule is CCNC(=NCC(C)(O)c1cc(C)oc1C)NCC(C)N1CCOCC1C. The number of nitrogens with one attached hydrogen (secondary N) is 2. The molecule has 1 saturated heterocycles. The van der Waals surface area contributed by atoms with Crippen LogP contribution in [0.4, 0.5) is 0 Å². The summed E-state index contributed by atoms with van der Waals surface area (Å²) in [6.45, 7) is 16.3. The van der Waals surface area contributed by atoms with Gasteiger partial charge in [0.15, 0.2) is 5.96 Å². The molecule has 154 valence electrons. The Labute approximate surface area is 163 Å². The number of aliphatic imine (C=N–C) groups is 1. The molecule has 1 aliphatic rings. The zero-order chi connectivity index (χ0) is 20.0. The molecule has 2 rings (SSSR count). The van der Waals surface area contributed by atoms with Gasteiger partial charge in [-0.2, -0.15) is 0 Å². The summed E-state index contributed by atoms with van der Waals surface area (Å²) in [5, 5.41) is 17.5. The van der Waals surface area contributed by atoms with E-state index in [0.717, 1.165) is 49.9 Å². The Hall–Kier alpha value is -1.57. The van der Waals surface area contributed by atoms with E-state index in [2.05, 4.69) is 34.4 Å². The molecular formula is C20H36N4O3. The van der Waals surface area contributed by atoms with Crippen molar-refractivity contribution in [2.24, 2.45) is 4.99 Å². The van der Waals surface area contributed by atoms with Gasteiger partial charge in [0.25, 0.3) is 0 Å². The summed E-state index contributed by atoms with van der Waals surface area (Å²) < 4.78 is 11.1. The van der Waals surface area contributed by atoms with Crippen molar-refractivity contribution in [3.8, 4) is 0 Å². The summed E-state index contributed by atoms with van der Waals surface area (Å²) in [6.07, 6.45) is 0. The van der Waals surface area contributed by atoms with Crippen molar-refractivity contribution in [1.29, 1.82) is 0 Å². The lowest BCUT2D eigenvalue weighted by atomic mass is 9.96. The van der Waals surface area contributed by atoms with Crippen molar-refractivity contribution in [3.05, 3.63) is 23.2 Å². The molecule has 7 heteroatoms. The lowest BCUT2D eigenvalue weighted by Crippen LogP contribution is -2.53. The van der Waals surface area contributed by atoms with E-state index < -0.39 is 5.60 Å². The number of morpholine rings is 1. The first-order chi connectivity index (χ1) is 12.7. The molecule has 7 nitrogen and oxygen atoms in total. The van der Waals surface area contributed by atoms with Crippen LogP contribution < -0.4 is 10.6 Å². The summed E-state index contributed by atoms with van der Waals surface area (Å²) in [5.74, 6) is 2.24. The third kappa shape index (κ3) is 5.96. The van der Waals surface area contributed by atoms with Gasteiger partial charge in [-0.1, -0.05) is 0 Å². The Balaban J connectivity index is 1.98. The third-order valence-corrected chi connectivity index (χ3v) is 5.06. The van der Waals surface area contributed by atoms with E-state index in [-0.39, 0.29) is 6.54 Å². The minimum absolute atomic E-state index is 0.254. The molecule has 0 amide bonds. The summed E-state index contributed by atoms with van der Waals surface area (Å²) in [7, 11) is 0. The maximum atomic E-state index is 10.9. The van der Waals surface area contributed by atoms with Gasteiger partial charge in [-0.15, -0.1) is 0 Å². The molecule has 2 heterocycles. The summed E-state index contributed by atoms with van der Waals surface area (Å²) in [6, 6.07) is 2.67. The van der Waals surface area contributed by atoms with Crippen LogP contribution in [0.2, 0.25) is 0 Å². The Morgan fingerprint density at radius 1 is 1.44 bits per heavy atom. The Morgan fingerprint density at radius 2 is 2.19 bits per heavy atom. The number of rotatable bonds is 7. The average molecular weight is 381 g/mol. The average Bonchev–Trinajstić information content (AvgIpc) is 2.97. The van der Waals surface area contributed by atoms with Gasteiger partial charge in [-0.3, -0.25) is 4.90 Å². The van der Waals surface area contributed by atoms with Crippen LogP contribution in [-0.2, 0) is 10.3 Å². The van der Waals surface area contributed by atoms with Gasteiger partial charge in [-0.05, 0) is 47.6 Å². The Morgan fingerprint density at radius 3 is 2.78 bits per heavy atom. The van der Waals surface area contributed by atoms with Crippen LogP contribution in [0.25, 0.3) is 0 Å². The molecule has 3 N–H and O–H groups in total. The van der Waals surface area contributed by atoms with Crippen LogP contribution in [-0.4, -0.2) is 67.4 Å². The second-order valence-electron chi connectivity index (χ2n) is 7.69. The predicted octanol–water partition coefficient (Wildman–Crippen LogP) is 1.77. The maximum Gasteiger partial charge on any atom is 0.191 e. The van der Waals surface area contributed by atoms with Crippen molar-refractivity contribution in [2.45, 2.75) is 59.2 Å². The summed E-state index contributed by atoms with van der Waals surface area (Å²) in [5.41, 5.74) is -0.288. The first-order valence-corrected chi connectivity index (χ1v) is 9.90. The zero-order valence-corrected chi connectivity index (χ0v) is 17.6. The highest BCUT2D eigenvalue weighted by Gasteiger charge is 2.28. The summed E-state index contributed by atoms with van der Waals surface area (Å²) >= 11 is 0. The lowest BCUT2D eigenvalue weighted by Gasteiger charge is -2.38. The van der Waals surface area contributed by atoms with Crippen molar-refractivity contribution in [2.75, 3.05) is 39.4 Å². The van der Waals surface area contributed by atoms with Gasteiger partial charge in [0, 0.05) is 37.3 Å². The fraction of sp³-hybridized carbons (Fsp3) is 0.750. The normalized spacial score (nSPS) is 22.3. The number of ether oxygens (including phenoxy) is 1. The van der Waals surface area contributed by atoms with E-state index in [4.69, 9.17) is 9.15 Å². The standard InChI is InChI=1S/C20H36N4O3/c1-7-21-19(22-11-14(2)24-8-9-26-12-15(24)3)23-13-20(6,25)18-10-16(4)27-17(18)5/h10,14-15,25H,7-9,11-13H2,1-6H3,(H2,21,22,23). The first-order valence-electron chi connectivity index (χ1n) is 9.90. The second kappa shape index (κ2) is 9.57. The molecule has 3 unspecified atom stereocenters. The lowest BCUT2D eigenvalue weighted by molar-refractivity contribution is -0.0174. The molecule has 1 aromatic rings. The maximum absolute atomic E-state index is 10.9. The molecule has 1 aromatic heterocycles. The first kappa shape index (κ1) is 21.7. The van der Waals surface area contributed by atoms with E-state index in [1.165, 1.54) is 0 Å². The van der Waals surface area contributed by atoms with Crippen molar-refractivity contribution in [3.63, 3.8) is 0 Å². The largest absolute Gasteiger partial charge is 0.466 e. The highest BCUT2D eigenvalue weighted by atomic mass is 16.5. The number of hydrogen-bond acceptors (Lipinski definition) is 5. The molecule has 0 spiro atoms. The third-order valence-electron chi connectivity index (χ3n) is 5.06. The van der Waals surface area contributed by atoms with Gasteiger partial charge < -0.3 is 24.9 Å². The minimum atomic E-state index is -1.07. The van der Waals surface area contributed by atoms with Gasteiger partial charge >= 0.3 is 0 Å². The number of aliphatic hydroxyl groups is 1. The van der Waals surface area contributed by atoms with E-state index in [0.29, 0.717) is 18.0 Å². The topological polar surface area (TPSA) is 82.3 Å². The van der Waals surface area contributed by atoms with Crippen LogP contribution in [0.15, 0.2) is 15.5 Å². The number of hydrogen-bond donors (Lipinski definition) is 3. The van der Waals surface area contributed by atoms with Crippen LogP contribution in [0.1, 0.15) is 44.8 Å². The fourth-order valence-corrected chi connectivity index (χ4v) is 3.58. The van der Waals surface area contributed by atoms with Crippen molar-refractivity contribution < 1.29 is 14.3 Å². The highest BCUT2D eigenvalue weighted by molar-refractivity contribution is 5.79. The van der Waals surface area contributed by atoms with Crippen molar-refractivity contribution in [1.82, 2.24) is 15.5 Å². The monoisotopic (exact) mass is 380 g/mol. The number of guanidine groups is 1. The van der Waals surface area contributed by atoms with Crippen LogP contribution in [0, 0.1) is 13.8 Å². The summed E-state index contributed by atoms with van der Waals surface area (Å²) in [4.78, 5) is 7.06. The van der Waals surface area contributed by atoms with Crippen LogP contribution >= 0.6 is 0 Å². The molecule has 1 fully saturated rings. The van der Waals surface area contributed by atoms with E-state index in [9.17, 15) is 5.11 Å². The molecule has 0 radical (unpaired) electrons. The number of furan rings is 1. The van der Waals surface area contributed by atoms with E-state index >= 15 is 0 Å². The smallest absolute Gasteiger partial charge is 0.191 e. The van der Waals surface area contributed by atoms with Gasteiger partial charge in [-0.25, -0.2) is 4.99 Å². The van der Waals surface area contributed by atoms with E-state index in [1.807, 2.05) is 26.8 Å². The van der Waals surface area contributed by atoms with E-state index in [1.54, 1.807) is 6.92 Å². The highest BCUT2D eigenvalue weighted by Crippen LogP contribution is 2.27. The zero-order valence-electron chi connectivity index (χ0n) is 17.6. The minimum Gasteiger partial charge on any atom is -0.466 e. The van der Waals surface area contributed by atoms with Crippen LogP contribution in [0.5, 0.6) is 0 Å². The Bertz CT molecular complexity index is 627. The number of nitrogens with zero attached hydrogens (tertiary/aromatic N) is 2. The number of aryl methyl sites for hydroxylation is 2. The second-order valence-corrected chi connectivity index (χ2v) is 7.69. The molecule has 1 aliphatic heterocycles. The van der Waals surface area contributed by atoms with Gasteiger partial charge in [0.1, 0.15) is 17.1 Å². The fourth-order valence-electron chi connectivity index (χ4n) is 3.58. The Kier molecular flexibility index (Phi) is 7.70.